The fourth-order valence-electron chi connectivity index (χ4n) is 3.32. The minimum absolute atomic E-state index is 0.112. The molecule has 1 heterocycles. The highest BCUT2D eigenvalue weighted by molar-refractivity contribution is 5.23. The van der Waals surface area contributed by atoms with E-state index in [0.717, 1.165) is 31.5 Å². The van der Waals surface area contributed by atoms with E-state index in [1.807, 2.05) is 12.1 Å². The number of benzene rings is 1. The Morgan fingerprint density at radius 3 is 2.67 bits per heavy atom. The Morgan fingerprint density at radius 1 is 1.19 bits per heavy atom. The lowest BCUT2D eigenvalue weighted by atomic mass is 9.76. The normalized spacial score (nSPS) is 27.5. The SMILES string of the molecule is CN1CCN(CCNC2CC(c3cccc(F)c3)C2)CC1. The number of rotatable bonds is 5. The third-order valence-electron chi connectivity index (χ3n) is 4.92. The summed E-state index contributed by atoms with van der Waals surface area (Å²) in [7, 11) is 2.19. The van der Waals surface area contributed by atoms with Crippen LogP contribution in [0.25, 0.3) is 0 Å². The van der Waals surface area contributed by atoms with Crippen molar-refractivity contribution in [3.05, 3.63) is 35.6 Å². The van der Waals surface area contributed by atoms with E-state index in [2.05, 4.69) is 22.2 Å². The molecule has 1 aliphatic carbocycles. The minimum Gasteiger partial charge on any atom is -0.313 e. The lowest BCUT2D eigenvalue weighted by Crippen LogP contribution is -2.48. The highest BCUT2D eigenvalue weighted by Gasteiger charge is 2.30. The van der Waals surface area contributed by atoms with Crippen LogP contribution in [0.1, 0.15) is 24.3 Å². The van der Waals surface area contributed by atoms with Gasteiger partial charge in [0.1, 0.15) is 5.82 Å². The number of nitrogens with one attached hydrogen (secondary N) is 1. The van der Waals surface area contributed by atoms with Gasteiger partial charge in [0.25, 0.3) is 0 Å². The zero-order valence-electron chi connectivity index (χ0n) is 12.9. The maximum atomic E-state index is 13.2. The molecule has 1 saturated carbocycles. The number of likely N-dealkylation sites (N-methyl/N-ethyl adjacent to an activating group) is 1. The van der Waals surface area contributed by atoms with E-state index in [0.29, 0.717) is 12.0 Å². The largest absolute Gasteiger partial charge is 0.313 e. The van der Waals surface area contributed by atoms with E-state index >= 15 is 0 Å². The average molecular weight is 291 g/mol. The molecule has 3 nitrogen and oxygen atoms in total. The quantitative estimate of drug-likeness (QED) is 0.894. The molecule has 1 N–H and O–H groups in total. The molecule has 2 aliphatic rings. The zero-order chi connectivity index (χ0) is 14.7. The van der Waals surface area contributed by atoms with Crippen LogP contribution in [0, 0.1) is 5.82 Å². The number of nitrogens with zero attached hydrogens (tertiary/aromatic N) is 2. The molecule has 0 unspecified atom stereocenters. The second-order valence-electron chi connectivity index (χ2n) is 6.52. The molecule has 2 fully saturated rings. The molecule has 0 radical (unpaired) electrons. The van der Waals surface area contributed by atoms with Crippen molar-refractivity contribution in [3.63, 3.8) is 0 Å². The second-order valence-corrected chi connectivity index (χ2v) is 6.52. The average Bonchev–Trinajstić information content (AvgIpc) is 2.43. The van der Waals surface area contributed by atoms with Crippen molar-refractivity contribution in [2.45, 2.75) is 24.8 Å². The first-order valence-corrected chi connectivity index (χ1v) is 8.10. The Morgan fingerprint density at radius 2 is 1.95 bits per heavy atom. The van der Waals surface area contributed by atoms with Gasteiger partial charge in [-0.2, -0.15) is 0 Å². The van der Waals surface area contributed by atoms with Crippen LogP contribution in [0.3, 0.4) is 0 Å². The molecule has 0 aromatic heterocycles. The molecule has 21 heavy (non-hydrogen) atoms. The summed E-state index contributed by atoms with van der Waals surface area (Å²) in [6.07, 6.45) is 2.29. The fraction of sp³-hybridized carbons (Fsp3) is 0.647. The predicted octanol–water partition coefficient (Wildman–Crippen LogP) is 1.91. The number of halogens is 1. The van der Waals surface area contributed by atoms with Crippen molar-refractivity contribution in [2.24, 2.45) is 0 Å². The lowest BCUT2D eigenvalue weighted by Gasteiger charge is -2.37. The fourth-order valence-corrected chi connectivity index (χ4v) is 3.32. The smallest absolute Gasteiger partial charge is 0.123 e. The van der Waals surface area contributed by atoms with E-state index in [-0.39, 0.29) is 5.82 Å². The molecular weight excluding hydrogens is 265 g/mol. The highest BCUT2D eigenvalue weighted by atomic mass is 19.1. The van der Waals surface area contributed by atoms with Crippen molar-refractivity contribution < 1.29 is 4.39 Å². The molecule has 116 valence electrons. The summed E-state index contributed by atoms with van der Waals surface area (Å²) in [5, 5.41) is 3.64. The van der Waals surface area contributed by atoms with Crippen LogP contribution in [-0.4, -0.2) is 62.2 Å². The Labute approximate surface area is 127 Å². The molecule has 4 heteroatoms. The minimum atomic E-state index is -0.112. The standard InChI is InChI=1S/C17H26FN3/c1-20-7-9-21(10-8-20)6-5-19-17-12-15(13-17)14-3-2-4-16(18)11-14/h2-4,11,15,17,19H,5-10,12-13H2,1H3. The third-order valence-corrected chi connectivity index (χ3v) is 4.92. The first-order valence-electron chi connectivity index (χ1n) is 8.10. The van der Waals surface area contributed by atoms with Crippen molar-refractivity contribution in [3.8, 4) is 0 Å². The van der Waals surface area contributed by atoms with Gasteiger partial charge in [0.15, 0.2) is 0 Å². The molecule has 1 aromatic carbocycles. The van der Waals surface area contributed by atoms with Gasteiger partial charge in [0, 0.05) is 45.3 Å². The summed E-state index contributed by atoms with van der Waals surface area (Å²) in [6, 6.07) is 7.69. The van der Waals surface area contributed by atoms with Gasteiger partial charge in [-0.1, -0.05) is 12.1 Å². The number of hydrogen-bond donors (Lipinski definition) is 1. The van der Waals surface area contributed by atoms with Gasteiger partial charge in [-0.25, -0.2) is 4.39 Å². The first kappa shape index (κ1) is 14.9. The molecule has 0 atom stereocenters. The summed E-state index contributed by atoms with van der Waals surface area (Å²) in [4.78, 5) is 4.93. The van der Waals surface area contributed by atoms with E-state index < -0.39 is 0 Å². The summed E-state index contributed by atoms with van der Waals surface area (Å²) in [5.74, 6) is 0.431. The van der Waals surface area contributed by atoms with Gasteiger partial charge in [-0.3, -0.25) is 4.90 Å². The molecule has 1 aromatic rings. The van der Waals surface area contributed by atoms with E-state index in [4.69, 9.17) is 0 Å². The maximum absolute atomic E-state index is 13.2. The van der Waals surface area contributed by atoms with Gasteiger partial charge in [0.05, 0.1) is 0 Å². The van der Waals surface area contributed by atoms with Crippen LogP contribution in [0.4, 0.5) is 4.39 Å². The topological polar surface area (TPSA) is 18.5 Å². The van der Waals surface area contributed by atoms with Crippen molar-refractivity contribution in [2.75, 3.05) is 46.3 Å². The van der Waals surface area contributed by atoms with Gasteiger partial charge < -0.3 is 10.2 Å². The van der Waals surface area contributed by atoms with Crippen LogP contribution in [-0.2, 0) is 0 Å². The van der Waals surface area contributed by atoms with Crippen molar-refractivity contribution in [1.82, 2.24) is 15.1 Å². The monoisotopic (exact) mass is 291 g/mol. The van der Waals surface area contributed by atoms with E-state index in [1.165, 1.54) is 32.2 Å². The molecular formula is C17H26FN3. The molecule has 0 amide bonds. The molecule has 1 saturated heterocycles. The van der Waals surface area contributed by atoms with Crippen LogP contribution in [0.15, 0.2) is 24.3 Å². The Kier molecular flexibility index (Phi) is 4.88. The van der Waals surface area contributed by atoms with Crippen LogP contribution < -0.4 is 5.32 Å². The van der Waals surface area contributed by atoms with Crippen LogP contribution in [0.5, 0.6) is 0 Å². The van der Waals surface area contributed by atoms with E-state index in [9.17, 15) is 4.39 Å². The zero-order valence-corrected chi connectivity index (χ0v) is 12.9. The van der Waals surface area contributed by atoms with Gasteiger partial charge in [0.2, 0.25) is 0 Å². The molecule has 1 aliphatic heterocycles. The highest BCUT2D eigenvalue weighted by Crippen LogP contribution is 2.36. The van der Waals surface area contributed by atoms with Gasteiger partial charge in [-0.15, -0.1) is 0 Å². The molecule has 3 rings (SSSR count). The summed E-state index contributed by atoms with van der Waals surface area (Å²) < 4.78 is 13.2. The molecule has 0 spiro atoms. The van der Waals surface area contributed by atoms with Gasteiger partial charge >= 0.3 is 0 Å². The second kappa shape index (κ2) is 6.86. The van der Waals surface area contributed by atoms with E-state index in [1.54, 1.807) is 6.07 Å². The Hall–Kier alpha value is -0.970. The first-order chi connectivity index (χ1) is 10.2. The van der Waals surface area contributed by atoms with Crippen LogP contribution in [0.2, 0.25) is 0 Å². The van der Waals surface area contributed by atoms with Gasteiger partial charge in [-0.05, 0) is 43.5 Å². The predicted molar refractivity (Wildman–Crippen MR) is 84.1 cm³/mol. The summed E-state index contributed by atoms with van der Waals surface area (Å²) in [5.41, 5.74) is 1.16. The third kappa shape index (κ3) is 4.02. The Balaban J connectivity index is 1.32. The van der Waals surface area contributed by atoms with Crippen molar-refractivity contribution >= 4 is 0 Å². The lowest BCUT2D eigenvalue weighted by molar-refractivity contribution is 0.150. The van der Waals surface area contributed by atoms with Crippen molar-refractivity contribution in [1.29, 1.82) is 0 Å². The summed E-state index contributed by atoms with van der Waals surface area (Å²) in [6.45, 7) is 6.97. The Bertz CT molecular complexity index is 451. The summed E-state index contributed by atoms with van der Waals surface area (Å²) >= 11 is 0. The van der Waals surface area contributed by atoms with Crippen LogP contribution >= 0.6 is 0 Å². The molecule has 0 bridgehead atoms. The number of hydrogen-bond acceptors (Lipinski definition) is 3. The number of piperazine rings is 1. The maximum Gasteiger partial charge on any atom is 0.123 e.